The third-order valence-electron chi connectivity index (χ3n) is 4.40. The molecule has 1 aliphatic rings. The Morgan fingerprint density at radius 2 is 1.90 bits per heavy atom. The maximum atomic E-state index is 12.4. The van der Waals surface area contributed by atoms with Gasteiger partial charge in [0.25, 0.3) is 0 Å². The molecule has 2 aromatic rings. The van der Waals surface area contributed by atoms with Crippen LogP contribution < -0.4 is 19.5 Å². The average Bonchev–Trinajstić information content (AvgIpc) is 2.71. The molecule has 160 valence electrons. The molecule has 0 aromatic heterocycles. The molecule has 0 aliphatic carbocycles. The second kappa shape index (κ2) is 9.51. The van der Waals surface area contributed by atoms with Crippen LogP contribution in [0.5, 0.6) is 11.5 Å². The summed E-state index contributed by atoms with van der Waals surface area (Å²) in [6, 6.07) is 8.66. The Kier molecular flexibility index (Phi) is 7.02. The zero-order chi connectivity index (χ0) is 21.7. The van der Waals surface area contributed by atoms with Gasteiger partial charge in [-0.25, -0.2) is 13.1 Å². The highest BCUT2D eigenvalue weighted by molar-refractivity contribution is 7.89. The van der Waals surface area contributed by atoms with Crippen LogP contribution in [0.25, 0.3) is 6.08 Å². The number of aryl methyl sites for hydroxylation is 2. The van der Waals surface area contributed by atoms with E-state index < -0.39 is 10.0 Å². The molecule has 3 rings (SSSR count). The van der Waals surface area contributed by atoms with Crippen molar-refractivity contribution in [3.05, 3.63) is 58.1 Å². The number of hydrogen-bond acceptors (Lipinski definition) is 5. The Balaban J connectivity index is 1.52. The topological polar surface area (TPSA) is 93.7 Å². The number of benzene rings is 2. The van der Waals surface area contributed by atoms with Crippen molar-refractivity contribution < 1.29 is 22.7 Å². The number of ether oxygens (including phenoxy) is 2. The predicted octanol–water partition coefficient (Wildman–Crippen LogP) is 2.84. The Bertz CT molecular complexity index is 1080. The van der Waals surface area contributed by atoms with Crippen molar-refractivity contribution in [1.29, 1.82) is 0 Å². The number of amides is 1. The average molecular weight is 451 g/mol. The summed E-state index contributed by atoms with van der Waals surface area (Å²) < 4.78 is 38.3. The first-order valence-corrected chi connectivity index (χ1v) is 11.2. The number of hydrogen-bond donors (Lipinski definition) is 2. The molecule has 0 spiro atoms. The van der Waals surface area contributed by atoms with Gasteiger partial charge < -0.3 is 14.8 Å². The number of carbonyl (C=O) groups is 1. The van der Waals surface area contributed by atoms with Crippen molar-refractivity contribution >= 4 is 33.6 Å². The van der Waals surface area contributed by atoms with Crippen LogP contribution in [0.1, 0.15) is 16.7 Å². The van der Waals surface area contributed by atoms with Crippen LogP contribution >= 0.6 is 11.6 Å². The number of sulfonamides is 1. The number of fused-ring (bicyclic) bond motifs is 1. The number of rotatable bonds is 7. The molecular weight excluding hydrogens is 428 g/mol. The van der Waals surface area contributed by atoms with E-state index in [1.807, 2.05) is 13.0 Å². The van der Waals surface area contributed by atoms with Gasteiger partial charge in [-0.05, 0) is 54.8 Å². The molecule has 2 aromatic carbocycles. The van der Waals surface area contributed by atoms with Gasteiger partial charge in [0.1, 0.15) is 13.2 Å². The molecule has 1 amide bonds. The molecule has 0 radical (unpaired) electrons. The Labute approximate surface area is 181 Å². The van der Waals surface area contributed by atoms with E-state index in [4.69, 9.17) is 21.1 Å². The van der Waals surface area contributed by atoms with Crippen LogP contribution in [0.2, 0.25) is 5.02 Å². The van der Waals surface area contributed by atoms with Crippen LogP contribution in [-0.4, -0.2) is 40.6 Å². The van der Waals surface area contributed by atoms with Crippen LogP contribution in [0.15, 0.2) is 41.3 Å². The molecule has 2 N–H and O–H groups in total. The van der Waals surface area contributed by atoms with E-state index in [0.29, 0.717) is 40.9 Å². The van der Waals surface area contributed by atoms with Crippen LogP contribution in [0.4, 0.5) is 0 Å². The van der Waals surface area contributed by atoms with Gasteiger partial charge >= 0.3 is 0 Å². The van der Waals surface area contributed by atoms with Crippen LogP contribution in [-0.2, 0) is 14.8 Å². The van der Waals surface area contributed by atoms with Crippen molar-refractivity contribution in [2.75, 3.05) is 26.3 Å². The quantitative estimate of drug-likeness (QED) is 0.499. The van der Waals surface area contributed by atoms with Gasteiger partial charge in [0.15, 0.2) is 11.5 Å². The van der Waals surface area contributed by atoms with Crippen molar-refractivity contribution in [2.24, 2.45) is 0 Å². The number of nitrogens with one attached hydrogen (secondary N) is 2. The van der Waals surface area contributed by atoms with Crippen LogP contribution in [0, 0.1) is 13.8 Å². The highest BCUT2D eigenvalue weighted by atomic mass is 35.5. The standard InChI is InChI=1S/C21H23ClN2O5S/c1-14-3-4-15(2)19(11-14)30(26,27)24-8-7-23-20(25)6-5-16-12-17(22)21-18(13-16)28-9-10-29-21/h3-6,11-13,24H,7-10H2,1-2H3,(H,23,25)/b6-5+. The van der Waals surface area contributed by atoms with E-state index in [0.717, 1.165) is 5.56 Å². The SMILES string of the molecule is Cc1ccc(C)c(S(=O)(=O)NCCNC(=O)/C=C/c2cc(Cl)c3c(c2)OCCO3)c1. The molecule has 7 nitrogen and oxygen atoms in total. The molecule has 9 heteroatoms. The first-order chi connectivity index (χ1) is 14.3. The van der Waals surface area contributed by atoms with Crippen molar-refractivity contribution in [3.63, 3.8) is 0 Å². The third-order valence-corrected chi connectivity index (χ3v) is 6.28. The summed E-state index contributed by atoms with van der Waals surface area (Å²) in [4.78, 5) is 12.3. The fourth-order valence-corrected chi connectivity index (χ4v) is 4.54. The lowest BCUT2D eigenvalue weighted by Gasteiger charge is -2.19. The Morgan fingerprint density at radius 1 is 1.13 bits per heavy atom. The molecule has 0 fully saturated rings. The lowest BCUT2D eigenvalue weighted by molar-refractivity contribution is -0.116. The fraction of sp³-hybridized carbons (Fsp3) is 0.286. The predicted molar refractivity (Wildman–Crippen MR) is 116 cm³/mol. The van der Waals surface area contributed by atoms with E-state index in [1.165, 1.54) is 6.08 Å². The second-order valence-electron chi connectivity index (χ2n) is 6.82. The van der Waals surface area contributed by atoms with Gasteiger partial charge in [0.2, 0.25) is 15.9 Å². The van der Waals surface area contributed by atoms with Gasteiger partial charge in [0, 0.05) is 19.2 Å². The van der Waals surface area contributed by atoms with E-state index in [9.17, 15) is 13.2 Å². The molecule has 1 heterocycles. The van der Waals surface area contributed by atoms with E-state index in [1.54, 1.807) is 37.3 Å². The minimum atomic E-state index is -3.64. The highest BCUT2D eigenvalue weighted by Gasteiger charge is 2.17. The summed E-state index contributed by atoms with van der Waals surface area (Å²) >= 11 is 6.17. The third kappa shape index (κ3) is 5.53. The number of halogens is 1. The van der Waals surface area contributed by atoms with Gasteiger partial charge in [-0.15, -0.1) is 0 Å². The lowest BCUT2D eigenvalue weighted by atomic mass is 10.1. The summed E-state index contributed by atoms with van der Waals surface area (Å²) in [5, 5.41) is 3.05. The maximum Gasteiger partial charge on any atom is 0.244 e. The summed E-state index contributed by atoms with van der Waals surface area (Å²) in [5.74, 6) is 0.683. The second-order valence-corrected chi connectivity index (χ2v) is 8.96. The minimum absolute atomic E-state index is 0.0746. The van der Waals surface area contributed by atoms with Gasteiger partial charge in [-0.3, -0.25) is 4.79 Å². The first-order valence-electron chi connectivity index (χ1n) is 9.38. The van der Waals surface area contributed by atoms with Crippen molar-refractivity contribution in [2.45, 2.75) is 18.7 Å². The summed E-state index contributed by atoms with van der Waals surface area (Å²) in [7, 11) is -3.64. The van der Waals surface area contributed by atoms with Crippen molar-refractivity contribution in [3.8, 4) is 11.5 Å². The van der Waals surface area contributed by atoms with E-state index in [-0.39, 0.29) is 23.9 Å². The number of carbonyl (C=O) groups excluding carboxylic acids is 1. The molecule has 0 atom stereocenters. The minimum Gasteiger partial charge on any atom is -0.486 e. The molecule has 30 heavy (non-hydrogen) atoms. The van der Waals surface area contributed by atoms with Gasteiger partial charge in [-0.2, -0.15) is 0 Å². The molecule has 1 aliphatic heterocycles. The Morgan fingerprint density at radius 3 is 2.70 bits per heavy atom. The highest BCUT2D eigenvalue weighted by Crippen LogP contribution is 2.38. The molecule has 0 unspecified atom stereocenters. The smallest absolute Gasteiger partial charge is 0.244 e. The molecular formula is C21H23ClN2O5S. The monoisotopic (exact) mass is 450 g/mol. The van der Waals surface area contributed by atoms with Gasteiger partial charge in [-0.1, -0.05) is 23.7 Å². The van der Waals surface area contributed by atoms with Crippen molar-refractivity contribution in [1.82, 2.24) is 10.0 Å². The largest absolute Gasteiger partial charge is 0.486 e. The first kappa shape index (κ1) is 22.1. The zero-order valence-electron chi connectivity index (χ0n) is 16.7. The fourth-order valence-electron chi connectivity index (χ4n) is 2.90. The molecule has 0 saturated heterocycles. The van der Waals surface area contributed by atoms with E-state index in [2.05, 4.69) is 10.0 Å². The normalized spacial score (nSPS) is 13.4. The lowest BCUT2D eigenvalue weighted by Crippen LogP contribution is -2.34. The van der Waals surface area contributed by atoms with Crippen LogP contribution in [0.3, 0.4) is 0 Å². The maximum absolute atomic E-state index is 12.4. The summed E-state index contributed by atoms with van der Waals surface area (Å²) in [6.45, 7) is 4.68. The summed E-state index contributed by atoms with van der Waals surface area (Å²) in [5.41, 5.74) is 2.21. The zero-order valence-corrected chi connectivity index (χ0v) is 18.3. The Hall–Kier alpha value is -2.55. The van der Waals surface area contributed by atoms with Gasteiger partial charge in [0.05, 0.1) is 9.92 Å². The van der Waals surface area contributed by atoms with E-state index >= 15 is 0 Å². The molecule has 0 bridgehead atoms. The molecule has 0 saturated carbocycles. The summed E-state index contributed by atoms with van der Waals surface area (Å²) in [6.07, 6.45) is 2.95.